The Hall–Kier alpha value is -0.610. The van der Waals surface area contributed by atoms with Crippen LogP contribution in [0.15, 0.2) is 0 Å². The van der Waals surface area contributed by atoms with Crippen LogP contribution in [-0.4, -0.2) is 49.7 Å². The van der Waals surface area contributed by atoms with Gasteiger partial charge in [0.05, 0.1) is 0 Å². The molecule has 14 heavy (non-hydrogen) atoms. The Labute approximate surface area is 84.6 Å². The van der Waals surface area contributed by atoms with Crippen LogP contribution in [0, 0.1) is 5.92 Å². The standard InChI is InChI=1S/C10H18N2O2/c1-2-14-7-10(13)12-4-3-8-5-11-6-9(8)12/h8-9,11H,2-7H2,1H3/t8-,9+/m0/s1. The monoisotopic (exact) mass is 198 g/mol. The summed E-state index contributed by atoms with van der Waals surface area (Å²) in [6, 6.07) is 0.433. The maximum Gasteiger partial charge on any atom is 0.248 e. The minimum Gasteiger partial charge on any atom is -0.372 e. The summed E-state index contributed by atoms with van der Waals surface area (Å²) in [5.41, 5.74) is 0. The molecule has 0 aliphatic carbocycles. The van der Waals surface area contributed by atoms with E-state index in [0.717, 1.165) is 26.1 Å². The highest BCUT2D eigenvalue weighted by molar-refractivity contribution is 5.78. The third-order valence-corrected chi connectivity index (χ3v) is 3.20. The summed E-state index contributed by atoms with van der Waals surface area (Å²) in [7, 11) is 0. The first-order chi connectivity index (χ1) is 6.83. The second-order valence-corrected chi connectivity index (χ2v) is 4.00. The second-order valence-electron chi connectivity index (χ2n) is 4.00. The quantitative estimate of drug-likeness (QED) is 0.685. The number of fused-ring (bicyclic) bond motifs is 1. The predicted molar refractivity (Wildman–Crippen MR) is 53.0 cm³/mol. The molecule has 0 unspecified atom stereocenters. The molecule has 4 nitrogen and oxygen atoms in total. The fourth-order valence-corrected chi connectivity index (χ4v) is 2.43. The molecule has 2 fully saturated rings. The van der Waals surface area contributed by atoms with Gasteiger partial charge in [-0.2, -0.15) is 0 Å². The van der Waals surface area contributed by atoms with Crippen LogP contribution in [0.2, 0.25) is 0 Å². The zero-order valence-corrected chi connectivity index (χ0v) is 8.66. The third-order valence-electron chi connectivity index (χ3n) is 3.20. The lowest BCUT2D eigenvalue weighted by atomic mass is 10.1. The van der Waals surface area contributed by atoms with Gasteiger partial charge >= 0.3 is 0 Å². The van der Waals surface area contributed by atoms with E-state index >= 15 is 0 Å². The van der Waals surface area contributed by atoms with Crippen molar-refractivity contribution in [3.8, 4) is 0 Å². The third kappa shape index (κ3) is 1.77. The number of carbonyl (C=O) groups is 1. The molecule has 0 spiro atoms. The molecule has 0 aromatic rings. The van der Waals surface area contributed by atoms with Crippen molar-refractivity contribution in [3.05, 3.63) is 0 Å². The van der Waals surface area contributed by atoms with Crippen molar-refractivity contribution < 1.29 is 9.53 Å². The highest BCUT2D eigenvalue weighted by Crippen LogP contribution is 2.26. The Balaban J connectivity index is 1.88. The average molecular weight is 198 g/mol. The molecule has 0 radical (unpaired) electrons. The van der Waals surface area contributed by atoms with Crippen molar-refractivity contribution in [1.82, 2.24) is 10.2 Å². The fraction of sp³-hybridized carbons (Fsp3) is 0.900. The number of hydrogen-bond acceptors (Lipinski definition) is 3. The fourth-order valence-electron chi connectivity index (χ4n) is 2.43. The lowest BCUT2D eigenvalue weighted by Crippen LogP contribution is -2.41. The topological polar surface area (TPSA) is 41.6 Å². The van der Waals surface area contributed by atoms with Gasteiger partial charge in [-0.05, 0) is 19.3 Å². The van der Waals surface area contributed by atoms with Crippen LogP contribution < -0.4 is 5.32 Å². The van der Waals surface area contributed by atoms with Gasteiger partial charge in [-0.25, -0.2) is 0 Å². The van der Waals surface area contributed by atoms with E-state index in [1.165, 1.54) is 0 Å². The number of rotatable bonds is 3. The van der Waals surface area contributed by atoms with Crippen LogP contribution in [0.1, 0.15) is 13.3 Å². The van der Waals surface area contributed by atoms with Gasteiger partial charge in [-0.15, -0.1) is 0 Å². The van der Waals surface area contributed by atoms with E-state index in [-0.39, 0.29) is 12.5 Å². The Kier molecular flexibility index (Phi) is 3.03. The van der Waals surface area contributed by atoms with E-state index in [9.17, 15) is 4.79 Å². The molecule has 0 aromatic heterocycles. The van der Waals surface area contributed by atoms with E-state index < -0.39 is 0 Å². The Bertz CT molecular complexity index is 220. The van der Waals surface area contributed by atoms with Gasteiger partial charge in [0.1, 0.15) is 6.61 Å². The number of hydrogen-bond donors (Lipinski definition) is 1. The summed E-state index contributed by atoms with van der Waals surface area (Å²) < 4.78 is 5.14. The number of amides is 1. The van der Waals surface area contributed by atoms with Crippen molar-refractivity contribution in [3.63, 3.8) is 0 Å². The smallest absolute Gasteiger partial charge is 0.248 e. The van der Waals surface area contributed by atoms with Crippen molar-refractivity contribution in [2.24, 2.45) is 5.92 Å². The molecular formula is C10H18N2O2. The van der Waals surface area contributed by atoms with Crippen molar-refractivity contribution in [2.75, 3.05) is 32.8 Å². The van der Waals surface area contributed by atoms with E-state index in [0.29, 0.717) is 18.6 Å². The molecule has 1 N–H and O–H groups in total. The molecule has 2 aliphatic rings. The molecule has 0 bridgehead atoms. The molecule has 2 rings (SSSR count). The molecule has 2 heterocycles. The summed E-state index contributed by atoms with van der Waals surface area (Å²) in [5.74, 6) is 0.837. The molecule has 0 saturated carbocycles. The summed E-state index contributed by atoms with van der Waals surface area (Å²) in [5, 5.41) is 3.33. The summed E-state index contributed by atoms with van der Waals surface area (Å²) in [6.07, 6.45) is 1.15. The lowest BCUT2D eigenvalue weighted by molar-refractivity contribution is -0.136. The van der Waals surface area contributed by atoms with Gasteiger partial charge in [0.15, 0.2) is 0 Å². The molecule has 2 aliphatic heterocycles. The minimum atomic E-state index is 0.156. The maximum absolute atomic E-state index is 11.7. The number of nitrogens with zero attached hydrogens (tertiary/aromatic N) is 1. The number of nitrogens with one attached hydrogen (secondary N) is 1. The van der Waals surface area contributed by atoms with Crippen LogP contribution in [0.25, 0.3) is 0 Å². The van der Waals surface area contributed by atoms with Gasteiger partial charge in [-0.1, -0.05) is 0 Å². The van der Waals surface area contributed by atoms with Crippen molar-refractivity contribution in [1.29, 1.82) is 0 Å². The SMILES string of the molecule is CCOCC(=O)N1CC[C@H]2CNC[C@H]21. The summed E-state index contributed by atoms with van der Waals surface area (Å²) in [4.78, 5) is 13.7. The minimum absolute atomic E-state index is 0.156. The molecule has 1 amide bonds. The van der Waals surface area contributed by atoms with Gasteiger partial charge in [0, 0.05) is 32.3 Å². The van der Waals surface area contributed by atoms with Crippen LogP contribution in [-0.2, 0) is 9.53 Å². The normalized spacial score (nSPS) is 30.8. The highest BCUT2D eigenvalue weighted by atomic mass is 16.5. The Morgan fingerprint density at radius 1 is 1.57 bits per heavy atom. The van der Waals surface area contributed by atoms with E-state index in [1.54, 1.807) is 0 Å². The van der Waals surface area contributed by atoms with Crippen LogP contribution in [0.3, 0.4) is 0 Å². The molecular weight excluding hydrogens is 180 g/mol. The van der Waals surface area contributed by atoms with Crippen molar-refractivity contribution in [2.45, 2.75) is 19.4 Å². The lowest BCUT2D eigenvalue weighted by Gasteiger charge is -2.23. The maximum atomic E-state index is 11.7. The first-order valence-corrected chi connectivity index (χ1v) is 5.41. The largest absolute Gasteiger partial charge is 0.372 e. The van der Waals surface area contributed by atoms with Crippen molar-refractivity contribution >= 4 is 5.91 Å². The van der Waals surface area contributed by atoms with Crippen LogP contribution >= 0.6 is 0 Å². The van der Waals surface area contributed by atoms with Crippen LogP contribution in [0.4, 0.5) is 0 Å². The van der Waals surface area contributed by atoms with E-state index in [1.807, 2.05) is 11.8 Å². The predicted octanol–water partition coefficient (Wildman–Crippen LogP) is -0.157. The van der Waals surface area contributed by atoms with Gasteiger partial charge < -0.3 is 15.0 Å². The molecule has 80 valence electrons. The zero-order valence-electron chi connectivity index (χ0n) is 8.66. The number of likely N-dealkylation sites (tertiary alicyclic amines) is 1. The van der Waals surface area contributed by atoms with E-state index in [4.69, 9.17) is 4.74 Å². The first kappa shape index (κ1) is 9.93. The molecule has 4 heteroatoms. The van der Waals surface area contributed by atoms with E-state index in [2.05, 4.69) is 5.32 Å². The van der Waals surface area contributed by atoms with Crippen LogP contribution in [0.5, 0.6) is 0 Å². The molecule has 2 saturated heterocycles. The number of carbonyl (C=O) groups excluding carboxylic acids is 1. The molecule has 0 aromatic carbocycles. The van der Waals surface area contributed by atoms with Gasteiger partial charge in [-0.3, -0.25) is 4.79 Å². The molecule has 2 atom stereocenters. The van der Waals surface area contributed by atoms with Gasteiger partial charge in [0.25, 0.3) is 0 Å². The summed E-state index contributed by atoms with van der Waals surface area (Å²) in [6.45, 7) is 5.73. The second kappa shape index (κ2) is 4.28. The summed E-state index contributed by atoms with van der Waals surface area (Å²) >= 11 is 0. The Morgan fingerprint density at radius 2 is 2.43 bits per heavy atom. The zero-order chi connectivity index (χ0) is 9.97. The number of ether oxygens (including phenoxy) is 1. The highest BCUT2D eigenvalue weighted by Gasteiger charge is 2.39. The average Bonchev–Trinajstić information content (AvgIpc) is 2.74. The van der Waals surface area contributed by atoms with Gasteiger partial charge in [0.2, 0.25) is 5.91 Å². The first-order valence-electron chi connectivity index (χ1n) is 5.41. The Morgan fingerprint density at radius 3 is 3.21 bits per heavy atom.